The molecular weight excluding hydrogens is 408 g/mol. The van der Waals surface area contributed by atoms with E-state index in [-0.39, 0.29) is 5.91 Å². The van der Waals surface area contributed by atoms with Crippen LogP contribution >= 0.6 is 15.9 Å². The van der Waals surface area contributed by atoms with E-state index in [0.717, 1.165) is 27.2 Å². The minimum Gasteiger partial charge on any atom is -0.496 e. The highest BCUT2D eigenvalue weighted by atomic mass is 79.9. The summed E-state index contributed by atoms with van der Waals surface area (Å²) in [5.41, 5.74) is 2.10. The zero-order valence-corrected chi connectivity index (χ0v) is 16.6. The van der Waals surface area contributed by atoms with E-state index in [1.807, 2.05) is 42.5 Å². The van der Waals surface area contributed by atoms with E-state index in [0.29, 0.717) is 23.7 Å². The number of ether oxygens (including phenoxy) is 1. The molecule has 1 N–H and O–H groups in total. The van der Waals surface area contributed by atoms with Crippen molar-refractivity contribution in [1.29, 1.82) is 0 Å². The molecule has 0 aromatic heterocycles. The van der Waals surface area contributed by atoms with Gasteiger partial charge in [0.2, 0.25) is 12.3 Å². The molecule has 0 aliphatic rings. The van der Waals surface area contributed by atoms with Gasteiger partial charge in [-0.25, -0.2) is 0 Å². The van der Waals surface area contributed by atoms with Gasteiger partial charge in [-0.1, -0.05) is 40.2 Å². The number of carbonyl (C=O) groups excluding carboxylic acids is 2. The Labute approximate surface area is 166 Å². The third-order valence-corrected chi connectivity index (χ3v) is 4.74. The molecule has 0 radical (unpaired) electrons. The van der Waals surface area contributed by atoms with Crippen molar-refractivity contribution in [3.8, 4) is 5.75 Å². The van der Waals surface area contributed by atoms with Gasteiger partial charge in [0, 0.05) is 17.0 Å². The standard InChI is InChI=1S/C21H19BrN2O3/c1-14(26)23-19-5-3-4-6-20(19)24(13-25)12-18-17-9-8-16(22)11-15(17)7-10-21(18)27-2/h3-11,13H,12H2,1-2H3,(H,23,26). The summed E-state index contributed by atoms with van der Waals surface area (Å²) in [6.45, 7) is 1.75. The van der Waals surface area contributed by atoms with E-state index in [2.05, 4.69) is 21.2 Å². The Hall–Kier alpha value is -2.86. The van der Waals surface area contributed by atoms with Crippen molar-refractivity contribution < 1.29 is 14.3 Å². The Morgan fingerprint density at radius 2 is 1.96 bits per heavy atom. The minimum absolute atomic E-state index is 0.194. The lowest BCUT2D eigenvalue weighted by atomic mass is 10.0. The van der Waals surface area contributed by atoms with E-state index in [1.165, 1.54) is 6.92 Å². The second kappa shape index (κ2) is 8.22. The van der Waals surface area contributed by atoms with Crippen LogP contribution in [0.3, 0.4) is 0 Å². The van der Waals surface area contributed by atoms with Crippen LogP contribution in [0.25, 0.3) is 10.8 Å². The highest BCUT2D eigenvalue weighted by Crippen LogP contribution is 2.33. The van der Waals surface area contributed by atoms with E-state index >= 15 is 0 Å². The summed E-state index contributed by atoms with van der Waals surface area (Å²) < 4.78 is 6.52. The first-order valence-electron chi connectivity index (χ1n) is 8.37. The van der Waals surface area contributed by atoms with Gasteiger partial charge in [-0.2, -0.15) is 0 Å². The molecule has 3 rings (SSSR count). The summed E-state index contributed by atoms with van der Waals surface area (Å²) in [6, 6.07) is 17.1. The monoisotopic (exact) mass is 426 g/mol. The zero-order chi connectivity index (χ0) is 19.4. The molecule has 5 nitrogen and oxygen atoms in total. The maximum absolute atomic E-state index is 11.9. The van der Waals surface area contributed by atoms with Crippen LogP contribution in [0.2, 0.25) is 0 Å². The number of benzene rings is 3. The molecule has 27 heavy (non-hydrogen) atoms. The van der Waals surface area contributed by atoms with E-state index in [4.69, 9.17) is 4.74 Å². The number of methoxy groups -OCH3 is 1. The summed E-state index contributed by atoms with van der Waals surface area (Å²) in [7, 11) is 1.61. The fourth-order valence-corrected chi connectivity index (χ4v) is 3.45. The summed E-state index contributed by atoms with van der Waals surface area (Å²) in [4.78, 5) is 25.0. The molecule has 0 aliphatic heterocycles. The lowest BCUT2D eigenvalue weighted by Gasteiger charge is -2.23. The van der Waals surface area contributed by atoms with Crippen molar-refractivity contribution in [3.05, 3.63) is 64.6 Å². The molecule has 3 aromatic carbocycles. The van der Waals surface area contributed by atoms with Crippen molar-refractivity contribution in [2.24, 2.45) is 0 Å². The van der Waals surface area contributed by atoms with E-state index < -0.39 is 0 Å². The smallest absolute Gasteiger partial charge is 0.221 e. The molecule has 0 saturated carbocycles. The predicted octanol–water partition coefficient (Wildman–Crippen LogP) is 4.73. The quantitative estimate of drug-likeness (QED) is 0.579. The fraction of sp³-hybridized carbons (Fsp3) is 0.143. The van der Waals surface area contributed by atoms with Gasteiger partial charge in [0.25, 0.3) is 0 Å². The summed E-state index contributed by atoms with van der Waals surface area (Å²) >= 11 is 3.49. The summed E-state index contributed by atoms with van der Waals surface area (Å²) in [6.07, 6.45) is 0.762. The number of amides is 2. The SMILES string of the molecule is COc1ccc2cc(Br)ccc2c1CN(C=O)c1ccccc1NC(C)=O. The first kappa shape index (κ1) is 18.9. The van der Waals surface area contributed by atoms with Gasteiger partial charge in [0.05, 0.1) is 25.0 Å². The highest BCUT2D eigenvalue weighted by Gasteiger charge is 2.16. The Kier molecular flexibility index (Phi) is 5.76. The number of carbonyl (C=O) groups is 2. The molecule has 0 saturated heterocycles. The van der Waals surface area contributed by atoms with E-state index in [9.17, 15) is 9.59 Å². The topological polar surface area (TPSA) is 58.6 Å². The number of hydrogen-bond acceptors (Lipinski definition) is 3. The largest absolute Gasteiger partial charge is 0.496 e. The van der Waals surface area contributed by atoms with Crippen LogP contribution < -0.4 is 15.0 Å². The average Bonchev–Trinajstić information content (AvgIpc) is 2.66. The second-order valence-corrected chi connectivity index (χ2v) is 6.96. The molecule has 0 fully saturated rings. The van der Waals surface area contributed by atoms with Crippen molar-refractivity contribution in [3.63, 3.8) is 0 Å². The maximum atomic E-state index is 11.9. The molecule has 2 amide bonds. The average molecular weight is 427 g/mol. The second-order valence-electron chi connectivity index (χ2n) is 6.04. The Morgan fingerprint density at radius 3 is 2.67 bits per heavy atom. The number of nitrogens with zero attached hydrogens (tertiary/aromatic N) is 1. The fourth-order valence-electron chi connectivity index (χ4n) is 3.07. The number of para-hydroxylation sites is 2. The van der Waals surface area contributed by atoms with Crippen LogP contribution in [0.1, 0.15) is 12.5 Å². The minimum atomic E-state index is -0.194. The number of fused-ring (bicyclic) bond motifs is 1. The van der Waals surface area contributed by atoms with Crippen molar-refractivity contribution in [2.45, 2.75) is 13.5 Å². The molecule has 138 valence electrons. The van der Waals surface area contributed by atoms with Gasteiger partial charge >= 0.3 is 0 Å². The van der Waals surface area contributed by atoms with Crippen LogP contribution in [0, 0.1) is 0 Å². The van der Waals surface area contributed by atoms with Gasteiger partial charge in [-0.05, 0) is 41.1 Å². The third kappa shape index (κ3) is 4.11. The van der Waals surface area contributed by atoms with Crippen LogP contribution in [0.5, 0.6) is 5.75 Å². The van der Waals surface area contributed by atoms with Gasteiger partial charge in [-0.15, -0.1) is 0 Å². The summed E-state index contributed by atoms with van der Waals surface area (Å²) in [5.74, 6) is 0.509. The molecule has 0 bridgehead atoms. The van der Waals surface area contributed by atoms with Crippen LogP contribution in [-0.2, 0) is 16.1 Å². The van der Waals surface area contributed by atoms with Crippen molar-refractivity contribution in [1.82, 2.24) is 0 Å². The van der Waals surface area contributed by atoms with E-state index in [1.54, 1.807) is 24.1 Å². The van der Waals surface area contributed by atoms with Crippen molar-refractivity contribution >= 4 is 50.4 Å². The number of nitrogens with one attached hydrogen (secondary N) is 1. The lowest BCUT2D eigenvalue weighted by molar-refractivity contribution is -0.114. The number of rotatable bonds is 6. The van der Waals surface area contributed by atoms with Crippen molar-refractivity contribution in [2.75, 3.05) is 17.3 Å². The molecular formula is C21H19BrN2O3. The first-order valence-corrected chi connectivity index (χ1v) is 9.16. The number of halogens is 1. The third-order valence-electron chi connectivity index (χ3n) is 4.25. The number of hydrogen-bond donors (Lipinski definition) is 1. The van der Waals surface area contributed by atoms with Crippen LogP contribution in [0.4, 0.5) is 11.4 Å². The molecule has 0 aliphatic carbocycles. The molecule has 6 heteroatoms. The Bertz CT molecular complexity index is 1000. The molecule has 0 heterocycles. The molecule has 0 spiro atoms. The van der Waals surface area contributed by atoms with Gasteiger partial charge < -0.3 is 15.0 Å². The number of anilines is 2. The molecule has 0 unspecified atom stereocenters. The van der Waals surface area contributed by atoms with Crippen LogP contribution in [0.15, 0.2) is 59.1 Å². The Morgan fingerprint density at radius 1 is 1.19 bits per heavy atom. The summed E-state index contributed by atoms with van der Waals surface area (Å²) in [5, 5.41) is 4.81. The normalized spacial score (nSPS) is 10.5. The highest BCUT2D eigenvalue weighted by molar-refractivity contribution is 9.10. The maximum Gasteiger partial charge on any atom is 0.221 e. The van der Waals surface area contributed by atoms with Gasteiger partial charge in [-0.3, -0.25) is 9.59 Å². The Balaban J connectivity index is 2.08. The first-order chi connectivity index (χ1) is 13.0. The zero-order valence-electron chi connectivity index (χ0n) is 15.0. The van der Waals surface area contributed by atoms with Crippen LogP contribution in [-0.4, -0.2) is 19.4 Å². The lowest BCUT2D eigenvalue weighted by Crippen LogP contribution is -2.23. The molecule has 0 atom stereocenters. The van der Waals surface area contributed by atoms with Gasteiger partial charge in [0.15, 0.2) is 0 Å². The van der Waals surface area contributed by atoms with Gasteiger partial charge in [0.1, 0.15) is 5.75 Å². The predicted molar refractivity (Wildman–Crippen MR) is 111 cm³/mol. The molecule has 3 aromatic rings.